The Morgan fingerprint density at radius 2 is 1.90 bits per heavy atom. The fraction of sp³-hybridized carbons (Fsp3) is 0.571. The van der Waals surface area contributed by atoms with Crippen LogP contribution in [0.25, 0.3) is 0 Å². The highest BCUT2D eigenvalue weighted by Gasteiger charge is 2.20. The van der Waals surface area contributed by atoms with Gasteiger partial charge in [0.2, 0.25) is 0 Å². The summed E-state index contributed by atoms with van der Waals surface area (Å²) in [4.78, 5) is 11.5. The number of hydrogen-bond donors (Lipinski definition) is 1. The van der Waals surface area contributed by atoms with Crippen molar-refractivity contribution in [3.63, 3.8) is 0 Å². The fourth-order valence-electron chi connectivity index (χ4n) is 2.11. The number of hydrogen-bond acceptors (Lipinski definition) is 6. The van der Waals surface area contributed by atoms with Gasteiger partial charge in [-0.1, -0.05) is 0 Å². The first-order valence-corrected chi connectivity index (χ1v) is 8.71. The van der Waals surface area contributed by atoms with Crippen LogP contribution in [0.2, 0.25) is 0 Å². The van der Waals surface area contributed by atoms with Gasteiger partial charge in [-0.3, -0.25) is 4.90 Å². The molecule has 4 nitrogen and oxygen atoms in total. The number of aromatic nitrogens is 2. The zero-order valence-electron chi connectivity index (χ0n) is 11.9. The normalized spacial score (nSPS) is 15.2. The van der Waals surface area contributed by atoms with Crippen LogP contribution < -0.4 is 5.32 Å². The number of rotatable bonds is 7. The summed E-state index contributed by atoms with van der Waals surface area (Å²) in [6.07, 6.45) is 2.65. The van der Waals surface area contributed by atoms with Crippen LogP contribution in [0.4, 0.5) is 0 Å². The van der Waals surface area contributed by atoms with Gasteiger partial charge in [0.25, 0.3) is 0 Å². The topological polar surface area (TPSA) is 41.1 Å². The number of nitrogens with zero attached hydrogens (tertiary/aromatic N) is 3. The standard InChI is InChI=1S/C14H20N4S2/c1-10-16-12(8-19-10)6-18(2)7-13-9-20-14(17-13)5-15-11-3-4-11/h8-9,11,15H,3-7H2,1-2H3. The Morgan fingerprint density at radius 1 is 1.20 bits per heavy atom. The smallest absolute Gasteiger partial charge is 0.107 e. The van der Waals surface area contributed by atoms with Gasteiger partial charge in [0, 0.05) is 36.4 Å². The number of nitrogens with one attached hydrogen (secondary N) is 1. The lowest BCUT2D eigenvalue weighted by atomic mass is 10.4. The third-order valence-corrected chi connectivity index (χ3v) is 4.97. The van der Waals surface area contributed by atoms with Crippen molar-refractivity contribution in [3.8, 4) is 0 Å². The number of aryl methyl sites for hydroxylation is 1. The summed E-state index contributed by atoms with van der Waals surface area (Å²) in [6.45, 7) is 4.74. The van der Waals surface area contributed by atoms with Crippen LogP contribution >= 0.6 is 22.7 Å². The molecule has 0 spiro atoms. The second kappa shape index (κ2) is 6.30. The van der Waals surface area contributed by atoms with Crippen LogP contribution in [-0.4, -0.2) is 28.0 Å². The quantitative estimate of drug-likeness (QED) is 0.854. The third kappa shape index (κ3) is 4.09. The van der Waals surface area contributed by atoms with Gasteiger partial charge in [-0.05, 0) is 26.8 Å². The van der Waals surface area contributed by atoms with E-state index in [-0.39, 0.29) is 0 Å². The van der Waals surface area contributed by atoms with E-state index in [1.165, 1.54) is 17.8 Å². The first-order chi connectivity index (χ1) is 9.69. The minimum Gasteiger partial charge on any atom is -0.308 e. The average molecular weight is 308 g/mol. The Labute approximate surface area is 127 Å². The van der Waals surface area contributed by atoms with Crippen LogP contribution in [0.5, 0.6) is 0 Å². The van der Waals surface area contributed by atoms with E-state index < -0.39 is 0 Å². The van der Waals surface area contributed by atoms with E-state index >= 15 is 0 Å². The van der Waals surface area contributed by atoms with Crippen LogP contribution in [-0.2, 0) is 19.6 Å². The molecule has 1 saturated carbocycles. The molecule has 1 fully saturated rings. The minimum atomic E-state index is 0.748. The predicted molar refractivity (Wildman–Crippen MR) is 84.0 cm³/mol. The van der Waals surface area contributed by atoms with E-state index in [0.29, 0.717) is 0 Å². The molecular weight excluding hydrogens is 288 g/mol. The van der Waals surface area contributed by atoms with E-state index in [1.807, 2.05) is 6.92 Å². The average Bonchev–Trinajstić information content (AvgIpc) is 3.00. The SMILES string of the molecule is Cc1nc(CN(C)Cc2csc(CNC3CC3)n2)cs1. The molecule has 0 bridgehead atoms. The molecule has 0 radical (unpaired) electrons. The zero-order valence-corrected chi connectivity index (χ0v) is 13.6. The molecule has 3 rings (SSSR count). The largest absolute Gasteiger partial charge is 0.308 e. The van der Waals surface area contributed by atoms with Crippen molar-refractivity contribution in [1.82, 2.24) is 20.2 Å². The van der Waals surface area contributed by atoms with E-state index in [9.17, 15) is 0 Å². The third-order valence-electron chi connectivity index (χ3n) is 3.25. The summed E-state index contributed by atoms with van der Waals surface area (Å²) >= 11 is 3.47. The summed E-state index contributed by atoms with van der Waals surface area (Å²) in [5.74, 6) is 0. The molecule has 1 aliphatic rings. The predicted octanol–water partition coefficient (Wildman–Crippen LogP) is 2.79. The Morgan fingerprint density at radius 3 is 2.55 bits per heavy atom. The molecule has 0 atom stereocenters. The van der Waals surface area contributed by atoms with Gasteiger partial charge in [0.15, 0.2) is 0 Å². The molecule has 1 N–H and O–H groups in total. The Bertz CT molecular complexity index is 559. The number of thiazole rings is 2. The summed E-state index contributed by atoms with van der Waals surface area (Å²) in [7, 11) is 2.12. The summed E-state index contributed by atoms with van der Waals surface area (Å²) < 4.78 is 0. The molecular formula is C14H20N4S2. The lowest BCUT2D eigenvalue weighted by molar-refractivity contribution is 0.312. The monoisotopic (exact) mass is 308 g/mol. The molecule has 2 heterocycles. The maximum absolute atomic E-state index is 4.69. The van der Waals surface area contributed by atoms with Gasteiger partial charge in [-0.15, -0.1) is 22.7 Å². The van der Waals surface area contributed by atoms with Gasteiger partial charge in [-0.25, -0.2) is 9.97 Å². The molecule has 2 aromatic heterocycles. The fourth-order valence-corrected chi connectivity index (χ4v) is 3.45. The van der Waals surface area contributed by atoms with Crippen molar-refractivity contribution in [1.29, 1.82) is 0 Å². The molecule has 0 amide bonds. The van der Waals surface area contributed by atoms with Crippen molar-refractivity contribution < 1.29 is 0 Å². The van der Waals surface area contributed by atoms with E-state index in [0.717, 1.165) is 42.1 Å². The maximum atomic E-state index is 4.69. The van der Waals surface area contributed by atoms with E-state index in [4.69, 9.17) is 4.98 Å². The Balaban J connectivity index is 1.48. The van der Waals surface area contributed by atoms with Crippen molar-refractivity contribution in [3.05, 3.63) is 32.2 Å². The van der Waals surface area contributed by atoms with Crippen LogP contribution in [0.1, 0.15) is 34.2 Å². The van der Waals surface area contributed by atoms with Gasteiger partial charge in [-0.2, -0.15) is 0 Å². The van der Waals surface area contributed by atoms with Crippen LogP contribution in [0.15, 0.2) is 10.8 Å². The zero-order chi connectivity index (χ0) is 13.9. The second-order valence-electron chi connectivity index (χ2n) is 5.42. The van der Waals surface area contributed by atoms with Crippen LogP contribution in [0.3, 0.4) is 0 Å². The van der Waals surface area contributed by atoms with E-state index in [2.05, 4.69) is 33.0 Å². The molecule has 0 saturated heterocycles. The highest BCUT2D eigenvalue weighted by Crippen LogP contribution is 2.20. The summed E-state index contributed by atoms with van der Waals surface area (Å²) in [6, 6.07) is 0.748. The second-order valence-corrected chi connectivity index (χ2v) is 7.42. The van der Waals surface area contributed by atoms with Crippen molar-refractivity contribution in [2.45, 2.75) is 45.4 Å². The molecule has 0 aliphatic heterocycles. The highest BCUT2D eigenvalue weighted by molar-refractivity contribution is 7.09. The van der Waals surface area contributed by atoms with Crippen molar-refractivity contribution in [2.24, 2.45) is 0 Å². The van der Waals surface area contributed by atoms with Gasteiger partial charge in [0.05, 0.1) is 16.4 Å². The van der Waals surface area contributed by atoms with Crippen LogP contribution in [0, 0.1) is 6.92 Å². The molecule has 0 aromatic carbocycles. The Hall–Kier alpha value is -0.820. The molecule has 108 valence electrons. The lowest BCUT2D eigenvalue weighted by Gasteiger charge is -2.13. The summed E-state index contributed by atoms with van der Waals surface area (Å²) in [5.41, 5.74) is 2.32. The molecule has 2 aromatic rings. The molecule has 6 heteroatoms. The summed E-state index contributed by atoms with van der Waals surface area (Å²) in [5, 5.41) is 10.2. The minimum absolute atomic E-state index is 0.748. The lowest BCUT2D eigenvalue weighted by Crippen LogP contribution is -2.18. The Kier molecular flexibility index (Phi) is 4.45. The van der Waals surface area contributed by atoms with Crippen molar-refractivity contribution >= 4 is 22.7 Å². The molecule has 20 heavy (non-hydrogen) atoms. The van der Waals surface area contributed by atoms with Gasteiger partial charge < -0.3 is 5.32 Å². The highest BCUT2D eigenvalue weighted by atomic mass is 32.1. The van der Waals surface area contributed by atoms with E-state index in [1.54, 1.807) is 22.7 Å². The first-order valence-electron chi connectivity index (χ1n) is 6.95. The first kappa shape index (κ1) is 14.1. The van der Waals surface area contributed by atoms with Gasteiger partial charge in [0.1, 0.15) is 5.01 Å². The molecule has 1 aliphatic carbocycles. The van der Waals surface area contributed by atoms with Crippen molar-refractivity contribution in [2.75, 3.05) is 7.05 Å². The molecule has 0 unspecified atom stereocenters. The van der Waals surface area contributed by atoms with Gasteiger partial charge >= 0.3 is 0 Å². The maximum Gasteiger partial charge on any atom is 0.107 e.